The number of likely N-dealkylation sites (tertiary alicyclic amines) is 2. The maximum absolute atomic E-state index is 11.4. The third-order valence-corrected chi connectivity index (χ3v) is 5.82. The summed E-state index contributed by atoms with van der Waals surface area (Å²) in [5.41, 5.74) is 1.29. The molecule has 25 heavy (non-hydrogen) atoms. The first-order valence-electron chi connectivity index (χ1n) is 8.83. The van der Waals surface area contributed by atoms with Crippen LogP contribution in [-0.2, 0) is 11.3 Å². The summed E-state index contributed by atoms with van der Waals surface area (Å²) in [6, 6.07) is 5.65. The van der Waals surface area contributed by atoms with E-state index in [2.05, 4.69) is 11.0 Å². The highest BCUT2D eigenvalue weighted by atomic mass is 16.5. The SMILES string of the molecule is COc1cccc(CN2CCC3(CC2)CC(C(=O)O)N(C)C3)c1OC. The number of benzene rings is 1. The van der Waals surface area contributed by atoms with E-state index in [9.17, 15) is 9.90 Å². The van der Waals surface area contributed by atoms with Crippen molar-refractivity contribution in [3.8, 4) is 11.5 Å². The molecule has 1 aromatic rings. The molecule has 2 heterocycles. The van der Waals surface area contributed by atoms with Crippen LogP contribution in [0.4, 0.5) is 0 Å². The van der Waals surface area contributed by atoms with Crippen LogP contribution in [0.2, 0.25) is 0 Å². The first kappa shape index (κ1) is 18.0. The van der Waals surface area contributed by atoms with E-state index < -0.39 is 5.97 Å². The van der Waals surface area contributed by atoms with Crippen LogP contribution in [0, 0.1) is 5.41 Å². The summed E-state index contributed by atoms with van der Waals surface area (Å²) in [5, 5.41) is 9.37. The topological polar surface area (TPSA) is 62.2 Å². The molecule has 0 saturated carbocycles. The number of piperidine rings is 1. The van der Waals surface area contributed by atoms with Crippen LogP contribution in [0.1, 0.15) is 24.8 Å². The number of rotatable bonds is 5. The van der Waals surface area contributed by atoms with Gasteiger partial charge < -0.3 is 14.6 Å². The summed E-state index contributed by atoms with van der Waals surface area (Å²) < 4.78 is 10.9. The summed E-state index contributed by atoms with van der Waals surface area (Å²) in [6.07, 6.45) is 2.87. The lowest BCUT2D eigenvalue weighted by Gasteiger charge is -2.39. The number of hydrogen-bond donors (Lipinski definition) is 1. The van der Waals surface area contributed by atoms with Crippen molar-refractivity contribution in [3.63, 3.8) is 0 Å². The molecule has 2 saturated heterocycles. The van der Waals surface area contributed by atoms with Crippen molar-refractivity contribution in [1.82, 2.24) is 9.80 Å². The minimum atomic E-state index is -0.692. The van der Waals surface area contributed by atoms with Crippen LogP contribution < -0.4 is 9.47 Å². The Balaban J connectivity index is 1.63. The average Bonchev–Trinajstić information content (AvgIpc) is 2.93. The maximum atomic E-state index is 11.4. The number of para-hydroxylation sites is 1. The molecule has 0 aromatic heterocycles. The number of carboxylic acids is 1. The molecule has 138 valence electrons. The Labute approximate surface area is 149 Å². The monoisotopic (exact) mass is 348 g/mol. The Morgan fingerprint density at radius 3 is 2.56 bits per heavy atom. The quantitative estimate of drug-likeness (QED) is 0.879. The summed E-state index contributed by atoms with van der Waals surface area (Å²) >= 11 is 0. The highest BCUT2D eigenvalue weighted by Gasteiger charge is 2.46. The van der Waals surface area contributed by atoms with Gasteiger partial charge in [0.15, 0.2) is 11.5 Å². The van der Waals surface area contributed by atoms with Gasteiger partial charge in [-0.05, 0) is 50.9 Å². The number of methoxy groups -OCH3 is 2. The lowest BCUT2D eigenvalue weighted by atomic mass is 9.76. The number of aliphatic carboxylic acids is 1. The van der Waals surface area contributed by atoms with Gasteiger partial charge in [0.1, 0.15) is 6.04 Å². The standard InChI is InChI=1S/C19H28N2O4/c1-20-13-19(11-15(20)18(22)23)7-9-21(10-8-19)12-14-5-4-6-16(24-2)17(14)25-3/h4-6,15H,7-13H2,1-3H3,(H,22,23). The summed E-state index contributed by atoms with van der Waals surface area (Å²) in [6.45, 7) is 3.69. The Morgan fingerprint density at radius 2 is 2.00 bits per heavy atom. The Hall–Kier alpha value is -1.79. The van der Waals surface area contributed by atoms with Gasteiger partial charge in [-0.2, -0.15) is 0 Å². The Kier molecular flexibility index (Phi) is 5.20. The van der Waals surface area contributed by atoms with Crippen molar-refractivity contribution in [2.75, 3.05) is 40.9 Å². The Morgan fingerprint density at radius 1 is 1.28 bits per heavy atom. The van der Waals surface area contributed by atoms with E-state index in [0.29, 0.717) is 0 Å². The van der Waals surface area contributed by atoms with Crippen molar-refractivity contribution >= 4 is 5.97 Å². The number of carbonyl (C=O) groups is 1. The van der Waals surface area contributed by atoms with E-state index in [-0.39, 0.29) is 11.5 Å². The molecule has 1 atom stereocenters. The van der Waals surface area contributed by atoms with Crippen LogP contribution in [0.3, 0.4) is 0 Å². The minimum Gasteiger partial charge on any atom is -0.493 e. The molecular formula is C19H28N2O4. The van der Waals surface area contributed by atoms with Crippen LogP contribution in [0.25, 0.3) is 0 Å². The first-order valence-corrected chi connectivity index (χ1v) is 8.83. The van der Waals surface area contributed by atoms with E-state index in [4.69, 9.17) is 9.47 Å². The van der Waals surface area contributed by atoms with Crippen molar-refractivity contribution in [3.05, 3.63) is 23.8 Å². The van der Waals surface area contributed by atoms with E-state index in [1.165, 1.54) is 0 Å². The van der Waals surface area contributed by atoms with Crippen LogP contribution in [-0.4, -0.2) is 67.8 Å². The molecule has 0 amide bonds. The van der Waals surface area contributed by atoms with Gasteiger partial charge in [0.25, 0.3) is 0 Å². The number of hydrogen-bond acceptors (Lipinski definition) is 5. The number of nitrogens with zero attached hydrogens (tertiary/aromatic N) is 2. The zero-order chi connectivity index (χ0) is 18.0. The smallest absolute Gasteiger partial charge is 0.320 e. The predicted molar refractivity (Wildman–Crippen MR) is 95.2 cm³/mol. The molecule has 1 aromatic carbocycles. The highest BCUT2D eigenvalue weighted by molar-refractivity contribution is 5.74. The molecule has 2 aliphatic rings. The third-order valence-electron chi connectivity index (χ3n) is 5.82. The summed E-state index contributed by atoms with van der Waals surface area (Å²) in [5.74, 6) is 0.870. The normalized spacial score (nSPS) is 23.7. The van der Waals surface area contributed by atoms with Crippen molar-refractivity contribution in [1.29, 1.82) is 0 Å². The number of likely N-dealkylation sites (N-methyl/N-ethyl adjacent to an activating group) is 1. The molecule has 6 heteroatoms. The second kappa shape index (κ2) is 7.22. The molecule has 2 aliphatic heterocycles. The second-order valence-corrected chi connectivity index (χ2v) is 7.40. The molecule has 1 unspecified atom stereocenters. The van der Waals surface area contributed by atoms with E-state index in [1.807, 2.05) is 24.1 Å². The second-order valence-electron chi connectivity index (χ2n) is 7.40. The van der Waals surface area contributed by atoms with Crippen molar-refractivity contribution in [2.45, 2.75) is 31.8 Å². The molecular weight excluding hydrogens is 320 g/mol. The fraction of sp³-hybridized carbons (Fsp3) is 0.632. The van der Waals surface area contributed by atoms with Gasteiger partial charge in [0.2, 0.25) is 0 Å². The first-order chi connectivity index (χ1) is 12.0. The maximum Gasteiger partial charge on any atom is 0.320 e. The van der Waals surface area contributed by atoms with Gasteiger partial charge >= 0.3 is 5.97 Å². The van der Waals surface area contributed by atoms with Crippen molar-refractivity contribution < 1.29 is 19.4 Å². The number of carboxylic acid groups (broad SMARTS) is 1. The molecule has 0 aliphatic carbocycles. The molecule has 0 bridgehead atoms. The molecule has 2 fully saturated rings. The van der Waals surface area contributed by atoms with E-state index >= 15 is 0 Å². The van der Waals surface area contributed by atoms with Crippen LogP contribution in [0.5, 0.6) is 11.5 Å². The highest BCUT2D eigenvalue weighted by Crippen LogP contribution is 2.43. The van der Waals surface area contributed by atoms with Gasteiger partial charge in [-0.3, -0.25) is 14.6 Å². The van der Waals surface area contributed by atoms with Crippen molar-refractivity contribution in [2.24, 2.45) is 5.41 Å². The molecule has 6 nitrogen and oxygen atoms in total. The Bertz CT molecular complexity index is 626. The molecule has 3 rings (SSSR count). The largest absolute Gasteiger partial charge is 0.493 e. The van der Waals surface area contributed by atoms with Crippen LogP contribution >= 0.6 is 0 Å². The van der Waals surface area contributed by atoms with Gasteiger partial charge in [-0.15, -0.1) is 0 Å². The van der Waals surface area contributed by atoms with Gasteiger partial charge in [0.05, 0.1) is 14.2 Å². The fourth-order valence-corrected chi connectivity index (χ4v) is 4.41. The molecule has 1 N–H and O–H groups in total. The zero-order valence-electron chi connectivity index (χ0n) is 15.3. The van der Waals surface area contributed by atoms with Gasteiger partial charge in [0, 0.05) is 18.7 Å². The van der Waals surface area contributed by atoms with Crippen LogP contribution in [0.15, 0.2) is 18.2 Å². The van der Waals surface area contributed by atoms with Gasteiger partial charge in [-0.1, -0.05) is 12.1 Å². The predicted octanol–water partition coefficient (Wildman–Crippen LogP) is 2.07. The number of ether oxygens (including phenoxy) is 2. The molecule has 1 spiro atoms. The summed E-state index contributed by atoms with van der Waals surface area (Å²) in [7, 11) is 5.26. The third kappa shape index (κ3) is 3.60. The van der Waals surface area contributed by atoms with Gasteiger partial charge in [-0.25, -0.2) is 0 Å². The fourth-order valence-electron chi connectivity index (χ4n) is 4.41. The molecule has 0 radical (unpaired) electrons. The average molecular weight is 348 g/mol. The van der Waals surface area contributed by atoms with E-state index in [1.54, 1.807) is 14.2 Å². The minimum absolute atomic E-state index is 0.159. The lowest BCUT2D eigenvalue weighted by molar-refractivity contribution is -0.141. The van der Waals surface area contributed by atoms with E-state index in [0.717, 1.165) is 62.5 Å². The summed E-state index contributed by atoms with van der Waals surface area (Å²) in [4.78, 5) is 15.8. The lowest BCUT2D eigenvalue weighted by Crippen LogP contribution is -2.40. The zero-order valence-corrected chi connectivity index (χ0v) is 15.3.